The van der Waals surface area contributed by atoms with Crippen molar-refractivity contribution in [1.29, 1.82) is 0 Å². The fourth-order valence-corrected chi connectivity index (χ4v) is 5.16. The molecular formula is C26H25FN2O3. The van der Waals surface area contributed by atoms with Crippen LogP contribution in [0, 0.1) is 5.82 Å². The predicted molar refractivity (Wildman–Crippen MR) is 120 cm³/mol. The summed E-state index contributed by atoms with van der Waals surface area (Å²) in [6.45, 7) is 1.12. The van der Waals surface area contributed by atoms with E-state index in [0.29, 0.717) is 24.4 Å². The topological polar surface area (TPSA) is 53.0 Å². The number of carbonyl (C=O) groups is 1. The molecule has 0 aliphatic carbocycles. The Hall–Kier alpha value is -3.22. The van der Waals surface area contributed by atoms with Crippen molar-refractivity contribution in [2.45, 2.75) is 24.5 Å². The lowest BCUT2D eigenvalue weighted by molar-refractivity contribution is -0.0488. The lowest BCUT2D eigenvalue weighted by atomic mass is 9.71. The summed E-state index contributed by atoms with van der Waals surface area (Å²) in [5, 5.41) is 10.2. The fourth-order valence-electron chi connectivity index (χ4n) is 5.16. The van der Waals surface area contributed by atoms with Gasteiger partial charge in [-0.15, -0.1) is 0 Å². The van der Waals surface area contributed by atoms with Gasteiger partial charge in [0.2, 0.25) is 0 Å². The zero-order valence-corrected chi connectivity index (χ0v) is 17.8. The minimum absolute atomic E-state index is 0.0250. The molecule has 5 nitrogen and oxygen atoms in total. The van der Waals surface area contributed by atoms with Crippen molar-refractivity contribution in [1.82, 2.24) is 4.90 Å². The number of aliphatic hydroxyl groups is 1. The molecule has 3 atom stereocenters. The number of rotatable bonds is 5. The van der Waals surface area contributed by atoms with E-state index in [9.17, 15) is 14.3 Å². The minimum Gasteiger partial charge on any atom is -0.496 e. The number of ether oxygens (including phenoxy) is 1. The second-order valence-electron chi connectivity index (χ2n) is 8.32. The molecule has 0 aromatic heterocycles. The minimum atomic E-state index is -0.269. The number of amides is 1. The third-order valence-corrected chi connectivity index (χ3v) is 6.69. The van der Waals surface area contributed by atoms with Crippen LogP contribution in [0.15, 0.2) is 72.8 Å². The molecule has 32 heavy (non-hydrogen) atoms. The maximum Gasteiger partial charge on any atom is 0.262 e. The van der Waals surface area contributed by atoms with Gasteiger partial charge in [-0.2, -0.15) is 0 Å². The number of likely N-dealkylation sites (tertiary alicyclic amines) is 1. The van der Waals surface area contributed by atoms with E-state index in [1.165, 1.54) is 12.1 Å². The maximum atomic E-state index is 13.6. The third-order valence-electron chi connectivity index (χ3n) is 6.69. The zero-order valence-electron chi connectivity index (χ0n) is 17.8. The summed E-state index contributed by atoms with van der Waals surface area (Å²) in [5.41, 5.74) is 3.45. The molecule has 2 heterocycles. The number of carbonyl (C=O) groups excluding carboxylic acids is 1. The van der Waals surface area contributed by atoms with E-state index in [1.807, 2.05) is 41.3 Å². The summed E-state index contributed by atoms with van der Waals surface area (Å²) in [6, 6.07) is 21.6. The molecule has 5 rings (SSSR count). The number of halogens is 1. The highest BCUT2D eigenvalue weighted by Gasteiger charge is 2.53. The second-order valence-corrected chi connectivity index (χ2v) is 8.32. The van der Waals surface area contributed by atoms with E-state index < -0.39 is 0 Å². The van der Waals surface area contributed by atoms with Crippen LogP contribution in [-0.2, 0) is 6.54 Å². The van der Waals surface area contributed by atoms with E-state index in [2.05, 4.69) is 4.90 Å². The quantitative estimate of drug-likeness (QED) is 0.666. The first kappa shape index (κ1) is 20.7. The van der Waals surface area contributed by atoms with Crippen LogP contribution in [0.2, 0.25) is 0 Å². The number of nitrogens with zero attached hydrogens (tertiary/aromatic N) is 2. The van der Waals surface area contributed by atoms with Gasteiger partial charge in [-0.1, -0.05) is 42.5 Å². The van der Waals surface area contributed by atoms with Gasteiger partial charge in [-0.05, 0) is 41.5 Å². The third kappa shape index (κ3) is 3.36. The first-order chi connectivity index (χ1) is 15.6. The van der Waals surface area contributed by atoms with E-state index in [1.54, 1.807) is 31.4 Å². The van der Waals surface area contributed by atoms with Gasteiger partial charge in [-0.25, -0.2) is 4.39 Å². The lowest BCUT2D eigenvalue weighted by Crippen LogP contribution is -2.68. The lowest BCUT2D eigenvalue weighted by Gasteiger charge is -2.59. The van der Waals surface area contributed by atoms with Gasteiger partial charge in [0.1, 0.15) is 11.6 Å². The summed E-state index contributed by atoms with van der Waals surface area (Å²) in [4.78, 5) is 17.6. The molecule has 0 radical (unpaired) electrons. The van der Waals surface area contributed by atoms with Crippen molar-refractivity contribution in [2.75, 3.05) is 25.2 Å². The van der Waals surface area contributed by atoms with Crippen LogP contribution in [0.4, 0.5) is 10.1 Å². The van der Waals surface area contributed by atoms with Gasteiger partial charge in [0.25, 0.3) is 5.91 Å². The van der Waals surface area contributed by atoms with Crippen LogP contribution < -0.4 is 9.64 Å². The highest BCUT2D eigenvalue weighted by atomic mass is 19.1. The van der Waals surface area contributed by atoms with E-state index in [-0.39, 0.29) is 36.3 Å². The number of fused-ring (bicyclic) bond motifs is 3. The number of aliphatic hydroxyl groups excluding tert-OH is 1. The molecule has 3 aromatic carbocycles. The molecule has 0 unspecified atom stereocenters. The van der Waals surface area contributed by atoms with Crippen molar-refractivity contribution in [3.8, 4) is 5.75 Å². The average Bonchev–Trinajstić information content (AvgIpc) is 2.83. The van der Waals surface area contributed by atoms with Gasteiger partial charge in [0.05, 0.1) is 19.3 Å². The zero-order chi connectivity index (χ0) is 22.2. The van der Waals surface area contributed by atoms with Crippen LogP contribution in [0.3, 0.4) is 0 Å². The van der Waals surface area contributed by atoms with Crippen molar-refractivity contribution in [2.24, 2.45) is 0 Å². The normalized spacial score (nSPS) is 22.0. The van der Waals surface area contributed by atoms with Gasteiger partial charge in [0, 0.05) is 36.8 Å². The molecule has 164 valence electrons. The molecule has 0 saturated carbocycles. The van der Waals surface area contributed by atoms with Crippen LogP contribution in [0.25, 0.3) is 0 Å². The molecule has 3 aromatic rings. The SMILES string of the molecule is COc1ccccc1C(=O)N1C[C@H]2[C@@H](c3ccccc31)[C@@H](CO)N2Cc1ccc(F)cc1. The Morgan fingerprint density at radius 3 is 2.53 bits per heavy atom. The van der Waals surface area contributed by atoms with E-state index in [4.69, 9.17) is 4.74 Å². The first-order valence-electron chi connectivity index (χ1n) is 10.8. The van der Waals surface area contributed by atoms with Crippen molar-refractivity contribution >= 4 is 11.6 Å². The van der Waals surface area contributed by atoms with Gasteiger partial charge < -0.3 is 14.7 Å². The smallest absolute Gasteiger partial charge is 0.262 e. The molecule has 6 heteroatoms. The van der Waals surface area contributed by atoms with E-state index >= 15 is 0 Å². The van der Waals surface area contributed by atoms with Gasteiger partial charge in [-0.3, -0.25) is 9.69 Å². The Balaban J connectivity index is 1.50. The Morgan fingerprint density at radius 2 is 1.78 bits per heavy atom. The summed E-state index contributed by atoms with van der Waals surface area (Å²) in [5.74, 6) is 0.303. The largest absolute Gasteiger partial charge is 0.496 e. The number of hydrogen-bond acceptors (Lipinski definition) is 4. The summed E-state index contributed by atoms with van der Waals surface area (Å²) in [7, 11) is 1.56. The molecule has 1 amide bonds. The Kier molecular flexibility index (Phi) is 5.41. The maximum absolute atomic E-state index is 13.6. The summed E-state index contributed by atoms with van der Waals surface area (Å²) < 4.78 is 18.8. The number of benzene rings is 3. The Bertz CT molecular complexity index is 1130. The first-order valence-corrected chi connectivity index (χ1v) is 10.8. The van der Waals surface area contributed by atoms with Gasteiger partial charge in [0.15, 0.2) is 0 Å². The predicted octanol–water partition coefficient (Wildman–Crippen LogP) is 3.82. The molecule has 1 fully saturated rings. The highest BCUT2D eigenvalue weighted by Crippen LogP contribution is 2.49. The number of anilines is 1. The molecule has 2 aliphatic rings. The molecule has 2 aliphatic heterocycles. The fraction of sp³-hybridized carbons (Fsp3) is 0.269. The Morgan fingerprint density at radius 1 is 1.06 bits per heavy atom. The van der Waals surface area contributed by atoms with Gasteiger partial charge >= 0.3 is 0 Å². The number of para-hydroxylation sites is 2. The van der Waals surface area contributed by atoms with Crippen LogP contribution in [-0.4, -0.2) is 48.3 Å². The van der Waals surface area contributed by atoms with Crippen molar-refractivity contribution < 1.29 is 19.0 Å². The molecule has 0 bridgehead atoms. The van der Waals surface area contributed by atoms with Crippen molar-refractivity contribution in [3.63, 3.8) is 0 Å². The number of methoxy groups -OCH3 is 1. The van der Waals surface area contributed by atoms with E-state index in [0.717, 1.165) is 16.8 Å². The number of hydrogen-bond donors (Lipinski definition) is 1. The molecular weight excluding hydrogens is 407 g/mol. The van der Waals surface area contributed by atoms with Crippen molar-refractivity contribution in [3.05, 3.63) is 95.3 Å². The van der Waals surface area contributed by atoms with Crippen LogP contribution in [0.5, 0.6) is 5.75 Å². The Labute approximate surface area is 186 Å². The van der Waals surface area contributed by atoms with Crippen LogP contribution >= 0.6 is 0 Å². The second kappa shape index (κ2) is 8.37. The highest BCUT2D eigenvalue weighted by molar-refractivity contribution is 6.08. The summed E-state index contributed by atoms with van der Waals surface area (Å²) in [6.07, 6.45) is 0. The molecule has 0 spiro atoms. The summed E-state index contributed by atoms with van der Waals surface area (Å²) >= 11 is 0. The standard InChI is InChI=1S/C26H25FN2O3/c1-32-24-9-5-3-7-20(24)26(31)29-15-22-25(19-6-2-4-8-21(19)29)23(16-30)28(22)14-17-10-12-18(27)13-11-17/h2-13,22-23,25,30H,14-16H2,1H3/t22-,23+,25+/m0/s1. The molecule has 1 saturated heterocycles. The average molecular weight is 432 g/mol. The van der Waals surface area contributed by atoms with Crippen LogP contribution in [0.1, 0.15) is 27.4 Å². The monoisotopic (exact) mass is 432 g/mol. The molecule has 1 N–H and O–H groups in total.